The Hall–Kier alpha value is -1.64. The number of rotatable bonds is 4. The fourth-order valence-electron chi connectivity index (χ4n) is 2.14. The molecule has 94 valence electrons. The van der Waals surface area contributed by atoms with Gasteiger partial charge in [0.05, 0.1) is 13.2 Å². The Morgan fingerprint density at radius 3 is 1.89 bits per heavy atom. The standard InChI is InChI=1S/C16H18O2/c1-12-6-15(9-16(7-12)11-18)8-13-2-4-14(10-17)5-3-13/h2-7,9,17-18H,8,10-11H2,1H3. The molecule has 0 spiro atoms. The van der Waals surface area contributed by atoms with Crippen LogP contribution in [0.4, 0.5) is 0 Å². The summed E-state index contributed by atoms with van der Waals surface area (Å²) in [5.74, 6) is 0. The second-order valence-corrected chi connectivity index (χ2v) is 4.64. The number of hydrogen-bond donors (Lipinski definition) is 2. The van der Waals surface area contributed by atoms with E-state index in [2.05, 4.69) is 6.07 Å². The van der Waals surface area contributed by atoms with Crippen LogP contribution >= 0.6 is 0 Å². The van der Waals surface area contributed by atoms with Crippen molar-refractivity contribution >= 4 is 0 Å². The van der Waals surface area contributed by atoms with Gasteiger partial charge in [-0.15, -0.1) is 0 Å². The molecule has 0 aliphatic carbocycles. The monoisotopic (exact) mass is 242 g/mol. The van der Waals surface area contributed by atoms with Crippen molar-refractivity contribution in [2.75, 3.05) is 0 Å². The largest absolute Gasteiger partial charge is 0.392 e. The zero-order chi connectivity index (χ0) is 13.0. The maximum atomic E-state index is 9.19. The topological polar surface area (TPSA) is 40.5 Å². The third-order valence-corrected chi connectivity index (χ3v) is 2.99. The second kappa shape index (κ2) is 5.80. The maximum Gasteiger partial charge on any atom is 0.0682 e. The van der Waals surface area contributed by atoms with Gasteiger partial charge in [0.1, 0.15) is 0 Å². The molecule has 2 aromatic rings. The molecule has 0 saturated heterocycles. The van der Waals surface area contributed by atoms with E-state index in [9.17, 15) is 5.11 Å². The van der Waals surface area contributed by atoms with Crippen LogP contribution in [0, 0.1) is 6.92 Å². The van der Waals surface area contributed by atoms with E-state index in [1.54, 1.807) is 0 Å². The number of hydrogen-bond acceptors (Lipinski definition) is 2. The first kappa shape index (κ1) is 12.8. The minimum absolute atomic E-state index is 0.0815. The fraction of sp³-hybridized carbons (Fsp3) is 0.250. The minimum Gasteiger partial charge on any atom is -0.392 e. The SMILES string of the molecule is Cc1cc(CO)cc(Cc2ccc(CO)cc2)c1. The highest BCUT2D eigenvalue weighted by Crippen LogP contribution is 2.15. The van der Waals surface area contributed by atoms with Gasteiger partial charge in [-0.1, -0.05) is 48.0 Å². The number of aliphatic hydroxyl groups is 2. The zero-order valence-electron chi connectivity index (χ0n) is 10.6. The van der Waals surface area contributed by atoms with Gasteiger partial charge in [0.15, 0.2) is 0 Å². The van der Waals surface area contributed by atoms with Crippen LogP contribution in [0.25, 0.3) is 0 Å². The first-order valence-electron chi connectivity index (χ1n) is 6.10. The van der Waals surface area contributed by atoms with E-state index in [1.807, 2.05) is 43.3 Å². The molecule has 2 N–H and O–H groups in total. The molecule has 0 unspecified atom stereocenters. The Morgan fingerprint density at radius 2 is 1.28 bits per heavy atom. The molecule has 2 heteroatoms. The van der Waals surface area contributed by atoms with Crippen molar-refractivity contribution in [3.05, 3.63) is 70.3 Å². The lowest BCUT2D eigenvalue weighted by Gasteiger charge is -2.07. The van der Waals surface area contributed by atoms with Crippen LogP contribution in [0.1, 0.15) is 27.8 Å². The van der Waals surface area contributed by atoms with Crippen LogP contribution in [0.5, 0.6) is 0 Å². The molecule has 0 bridgehead atoms. The summed E-state index contributed by atoms with van der Waals surface area (Å²) in [6.45, 7) is 2.20. The van der Waals surface area contributed by atoms with E-state index in [0.29, 0.717) is 0 Å². The van der Waals surface area contributed by atoms with Crippen LogP contribution in [-0.4, -0.2) is 10.2 Å². The summed E-state index contributed by atoms with van der Waals surface area (Å²) in [5.41, 5.74) is 5.47. The first-order valence-corrected chi connectivity index (χ1v) is 6.10. The van der Waals surface area contributed by atoms with Gasteiger partial charge in [-0.3, -0.25) is 0 Å². The Morgan fingerprint density at radius 1 is 0.722 bits per heavy atom. The maximum absolute atomic E-state index is 9.19. The summed E-state index contributed by atoms with van der Waals surface area (Å²) in [6, 6.07) is 14.1. The second-order valence-electron chi connectivity index (χ2n) is 4.64. The molecule has 0 atom stereocenters. The van der Waals surface area contributed by atoms with Crippen molar-refractivity contribution in [1.29, 1.82) is 0 Å². The molecule has 0 saturated carbocycles. The highest BCUT2D eigenvalue weighted by molar-refractivity contribution is 5.34. The number of aliphatic hydroxyl groups excluding tert-OH is 2. The molecule has 18 heavy (non-hydrogen) atoms. The average molecular weight is 242 g/mol. The molecule has 2 rings (SSSR count). The van der Waals surface area contributed by atoms with Gasteiger partial charge in [-0.05, 0) is 35.6 Å². The van der Waals surface area contributed by atoms with Gasteiger partial charge in [0, 0.05) is 0 Å². The number of benzene rings is 2. The summed E-state index contributed by atoms with van der Waals surface area (Å²) < 4.78 is 0. The molecule has 2 aromatic carbocycles. The Kier molecular flexibility index (Phi) is 4.13. The van der Waals surface area contributed by atoms with Gasteiger partial charge >= 0.3 is 0 Å². The first-order chi connectivity index (χ1) is 8.71. The molecule has 0 aliphatic rings. The lowest BCUT2D eigenvalue weighted by molar-refractivity contribution is 0.281. The van der Waals surface area contributed by atoms with Crippen LogP contribution in [0.2, 0.25) is 0 Å². The predicted molar refractivity (Wildman–Crippen MR) is 72.3 cm³/mol. The molecule has 2 nitrogen and oxygen atoms in total. The molecular formula is C16H18O2. The van der Waals surface area contributed by atoms with Gasteiger partial charge in [-0.25, -0.2) is 0 Å². The Bertz CT molecular complexity index is 515. The summed E-state index contributed by atoms with van der Waals surface area (Å²) in [4.78, 5) is 0. The van der Waals surface area contributed by atoms with Gasteiger partial charge in [0.2, 0.25) is 0 Å². The lowest BCUT2D eigenvalue weighted by Crippen LogP contribution is -1.93. The van der Waals surface area contributed by atoms with Crippen LogP contribution in [0.15, 0.2) is 42.5 Å². The predicted octanol–water partition coefficient (Wildman–Crippen LogP) is 2.57. The number of aryl methyl sites for hydroxylation is 1. The smallest absolute Gasteiger partial charge is 0.0682 e. The summed E-state index contributed by atoms with van der Waals surface area (Å²) >= 11 is 0. The Balaban J connectivity index is 2.19. The van der Waals surface area contributed by atoms with Crippen LogP contribution < -0.4 is 0 Å². The molecule has 0 fully saturated rings. The quantitative estimate of drug-likeness (QED) is 0.865. The molecule has 0 aliphatic heterocycles. The molecule has 0 aromatic heterocycles. The van der Waals surface area contributed by atoms with E-state index >= 15 is 0 Å². The lowest BCUT2D eigenvalue weighted by atomic mass is 10.00. The van der Waals surface area contributed by atoms with Gasteiger partial charge in [0.25, 0.3) is 0 Å². The highest BCUT2D eigenvalue weighted by Gasteiger charge is 2.00. The third-order valence-electron chi connectivity index (χ3n) is 2.99. The summed E-state index contributed by atoms with van der Waals surface area (Å²) in [6.07, 6.45) is 0.848. The highest BCUT2D eigenvalue weighted by atomic mass is 16.3. The van der Waals surface area contributed by atoms with E-state index in [4.69, 9.17) is 5.11 Å². The summed E-state index contributed by atoms with van der Waals surface area (Å²) in [5, 5.41) is 18.2. The average Bonchev–Trinajstić information content (AvgIpc) is 2.39. The van der Waals surface area contributed by atoms with Crippen molar-refractivity contribution in [3.63, 3.8) is 0 Å². The van der Waals surface area contributed by atoms with E-state index in [-0.39, 0.29) is 13.2 Å². The molecule has 0 amide bonds. The Labute approximate surface area is 108 Å². The van der Waals surface area contributed by atoms with Gasteiger partial charge < -0.3 is 10.2 Å². The van der Waals surface area contributed by atoms with E-state index in [0.717, 1.165) is 17.5 Å². The van der Waals surface area contributed by atoms with Crippen molar-refractivity contribution in [2.24, 2.45) is 0 Å². The van der Waals surface area contributed by atoms with E-state index in [1.165, 1.54) is 16.7 Å². The normalized spacial score (nSPS) is 10.6. The minimum atomic E-state index is 0.0815. The van der Waals surface area contributed by atoms with E-state index < -0.39 is 0 Å². The van der Waals surface area contributed by atoms with Crippen molar-refractivity contribution < 1.29 is 10.2 Å². The van der Waals surface area contributed by atoms with Crippen molar-refractivity contribution in [1.82, 2.24) is 0 Å². The van der Waals surface area contributed by atoms with Crippen LogP contribution in [-0.2, 0) is 19.6 Å². The zero-order valence-corrected chi connectivity index (χ0v) is 10.6. The molecule has 0 heterocycles. The van der Waals surface area contributed by atoms with Crippen molar-refractivity contribution in [3.8, 4) is 0 Å². The third kappa shape index (κ3) is 3.19. The van der Waals surface area contributed by atoms with Gasteiger partial charge in [-0.2, -0.15) is 0 Å². The fourth-order valence-corrected chi connectivity index (χ4v) is 2.14. The molecular weight excluding hydrogens is 224 g/mol. The van der Waals surface area contributed by atoms with Crippen molar-refractivity contribution in [2.45, 2.75) is 26.6 Å². The summed E-state index contributed by atoms with van der Waals surface area (Å²) in [7, 11) is 0. The molecule has 0 radical (unpaired) electrons. The van der Waals surface area contributed by atoms with Crippen LogP contribution in [0.3, 0.4) is 0 Å².